The van der Waals surface area contributed by atoms with E-state index < -0.39 is 24.6 Å². The lowest BCUT2D eigenvalue weighted by Crippen LogP contribution is -2.18. The Kier molecular flexibility index (Phi) is 1.36. The van der Waals surface area contributed by atoms with E-state index in [4.69, 9.17) is 0 Å². The molecule has 0 bridgehead atoms. The standard InChI is InChI=1S/C6H7BF5/c8-6(9)4(3-1-2-3)5(6)7(10,11)12/h3-5H,1-2H2/q-1/t4-,5-/m1/s1. The van der Waals surface area contributed by atoms with E-state index in [1.54, 1.807) is 0 Å². The van der Waals surface area contributed by atoms with Crippen molar-refractivity contribution >= 4 is 6.98 Å². The number of rotatable bonds is 2. The molecule has 2 aliphatic rings. The Morgan fingerprint density at radius 2 is 1.58 bits per heavy atom. The molecule has 2 atom stereocenters. The average Bonchev–Trinajstić information content (AvgIpc) is 2.60. The van der Waals surface area contributed by atoms with Crippen LogP contribution in [-0.4, -0.2) is 12.9 Å². The molecule has 0 radical (unpaired) electrons. The average molecular weight is 185 g/mol. The van der Waals surface area contributed by atoms with Gasteiger partial charge in [0.25, 0.3) is 0 Å². The van der Waals surface area contributed by atoms with Crippen LogP contribution in [0.1, 0.15) is 12.8 Å². The molecule has 0 heterocycles. The minimum atomic E-state index is -5.33. The van der Waals surface area contributed by atoms with E-state index in [-0.39, 0.29) is 5.92 Å². The Bertz CT molecular complexity index is 206. The van der Waals surface area contributed by atoms with Crippen LogP contribution in [-0.2, 0) is 0 Å². The first-order valence-corrected chi connectivity index (χ1v) is 3.93. The van der Waals surface area contributed by atoms with Gasteiger partial charge in [0.2, 0.25) is 5.92 Å². The van der Waals surface area contributed by atoms with E-state index in [0.29, 0.717) is 12.8 Å². The Labute approximate surface area is 66.2 Å². The summed E-state index contributed by atoms with van der Waals surface area (Å²) in [4.78, 5) is 0. The third-order valence-electron chi connectivity index (χ3n) is 2.70. The number of hydrogen-bond donors (Lipinski definition) is 0. The molecule has 0 aliphatic heterocycles. The van der Waals surface area contributed by atoms with Gasteiger partial charge in [0.15, 0.2) is 0 Å². The Hall–Kier alpha value is -0.285. The quantitative estimate of drug-likeness (QED) is 0.458. The van der Waals surface area contributed by atoms with Crippen molar-refractivity contribution in [3.05, 3.63) is 0 Å². The molecule has 0 nitrogen and oxygen atoms in total. The lowest BCUT2D eigenvalue weighted by Gasteiger charge is -2.11. The van der Waals surface area contributed by atoms with Crippen molar-refractivity contribution in [2.24, 2.45) is 11.8 Å². The molecule has 70 valence electrons. The lowest BCUT2D eigenvalue weighted by atomic mass is 9.81. The van der Waals surface area contributed by atoms with Crippen molar-refractivity contribution in [1.29, 1.82) is 0 Å². The smallest absolute Gasteiger partial charge is 0.449 e. The molecule has 2 rings (SSSR count). The molecule has 0 aromatic carbocycles. The van der Waals surface area contributed by atoms with E-state index in [1.165, 1.54) is 0 Å². The van der Waals surface area contributed by atoms with E-state index in [0.717, 1.165) is 0 Å². The Morgan fingerprint density at radius 1 is 1.08 bits per heavy atom. The summed E-state index contributed by atoms with van der Waals surface area (Å²) in [6.07, 6.45) is 1.09. The van der Waals surface area contributed by atoms with Crippen molar-refractivity contribution in [2.45, 2.75) is 24.6 Å². The van der Waals surface area contributed by atoms with Gasteiger partial charge in [0, 0.05) is 5.92 Å². The zero-order valence-electron chi connectivity index (χ0n) is 6.11. The van der Waals surface area contributed by atoms with Crippen LogP contribution in [0.15, 0.2) is 0 Å². The molecule has 0 N–H and O–H groups in total. The van der Waals surface area contributed by atoms with Crippen molar-refractivity contribution < 1.29 is 21.7 Å². The highest BCUT2D eigenvalue weighted by atomic mass is 19.4. The van der Waals surface area contributed by atoms with Crippen LogP contribution in [0, 0.1) is 11.8 Å². The van der Waals surface area contributed by atoms with Crippen molar-refractivity contribution in [1.82, 2.24) is 0 Å². The van der Waals surface area contributed by atoms with Crippen molar-refractivity contribution in [3.63, 3.8) is 0 Å². The fourth-order valence-corrected chi connectivity index (χ4v) is 1.93. The summed E-state index contributed by atoms with van der Waals surface area (Å²) in [5.41, 5.74) is 0. The minimum absolute atomic E-state index is 0.353. The molecule has 0 spiro atoms. The summed E-state index contributed by atoms with van der Waals surface area (Å²) in [6, 6.07) is 0. The minimum Gasteiger partial charge on any atom is -0.449 e. The van der Waals surface area contributed by atoms with Crippen molar-refractivity contribution in [3.8, 4) is 0 Å². The summed E-state index contributed by atoms with van der Waals surface area (Å²) < 4.78 is 61.0. The van der Waals surface area contributed by atoms with E-state index in [2.05, 4.69) is 0 Å². The van der Waals surface area contributed by atoms with Crippen LogP contribution >= 0.6 is 0 Å². The van der Waals surface area contributed by atoms with Gasteiger partial charge in [0.05, 0.1) is 0 Å². The number of hydrogen-bond acceptors (Lipinski definition) is 0. The topological polar surface area (TPSA) is 0 Å². The van der Waals surface area contributed by atoms with E-state index in [1.807, 2.05) is 0 Å². The van der Waals surface area contributed by atoms with Gasteiger partial charge in [-0.05, 0) is 24.6 Å². The first-order chi connectivity index (χ1) is 5.35. The van der Waals surface area contributed by atoms with Gasteiger partial charge in [-0.25, -0.2) is 8.78 Å². The maximum atomic E-state index is 12.5. The fourth-order valence-electron chi connectivity index (χ4n) is 1.93. The van der Waals surface area contributed by atoms with Gasteiger partial charge >= 0.3 is 6.98 Å². The monoisotopic (exact) mass is 185 g/mol. The molecule has 0 aromatic rings. The first-order valence-electron chi connectivity index (χ1n) is 3.93. The molecule has 6 heteroatoms. The van der Waals surface area contributed by atoms with Crippen LogP contribution in [0.25, 0.3) is 0 Å². The van der Waals surface area contributed by atoms with Crippen LogP contribution in [0.4, 0.5) is 21.7 Å². The van der Waals surface area contributed by atoms with Gasteiger partial charge in [-0.1, -0.05) is 0 Å². The molecule has 0 aromatic heterocycles. The molecule has 0 saturated heterocycles. The zero-order chi connectivity index (χ0) is 9.15. The van der Waals surface area contributed by atoms with Crippen LogP contribution < -0.4 is 0 Å². The highest BCUT2D eigenvalue weighted by Crippen LogP contribution is 2.72. The van der Waals surface area contributed by atoms with Gasteiger partial charge in [-0.15, -0.1) is 0 Å². The summed E-state index contributed by atoms with van der Waals surface area (Å²) in [5, 5.41) is 0. The van der Waals surface area contributed by atoms with Gasteiger partial charge in [-0.2, -0.15) is 0 Å². The summed E-state index contributed by atoms with van der Waals surface area (Å²) >= 11 is 0. The molecule has 2 fully saturated rings. The number of alkyl halides is 2. The van der Waals surface area contributed by atoms with E-state index >= 15 is 0 Å². The molecular formula is C6H7BF5-. The maximum absolute atomic E-state index is 12.5. The highest BCUT2D eigenvalue weighted by Gasteiger charge is 2.76. The van der Waals surface area contributed by atoms with Gasteiger partial charge < -0.3 is 12.9 Å². The largest absolute Gasteiger partial charge is 0.487 e. The molecule has 12 heavy (non-hydrogen) atoms. The number of halogens is 5. The predicted octanol–water partition coefficient (Wildman–Crippen LogP) is 2.88. The highest BCUT2D eigenvalue weighted by molar-refractivity contribution is 6.61. The second-order valence-corrected chi connectivity index (χ2v) is 3.69. The third kappa shape index (κ3) is 1.03. The summed E-state index contributed by atoms with van der Waals surface area (Å²) in [7, 11) is 0. The Balaban J connectivity index is 2.10. The molecule has 0 amide bonds. The molecule has 0 unspecified atom stereocenters. The summed E-state index contributed by atoms with van der Waals surface area (Å²) in [6.45, 7) is -5.33. The Morgan fingerprint density at radius 3 is 1.83 bits per heavy atom. The van der Waals surface area contributed by atoms with Crippen LogP contribution in [0.2, 0.25) is 5.82 Å². The normalized spacial score (nSPS) is 39.8. The lowest BCUT2D eigenvalue weighted by molar-refractivity contribution is 0.0912. The molecular weight excluding hydrogens is 178 g/mol. The van der Waals surface area contributed by atoms with E-state index in [9.17, 15) is 21.7 Å². The predicted molar refractivity (Wildman–Crippen MR) is 34.0 cm³/mol. The molecule has 2 aliphatic carbocycles. The second-order valence-electron chi connectivity index (χ2n) is 3.69. The molecule has 2 saturated carbocycles. The maximum Gasteiger partial charge on any atom is 0.487 e. The first kappa shape index (κ1) is 8.32. The summed E-state index contributed by atoms with van der Waals surface area (Å²) in [5.74, 6) is -7.46. The van der Waals surface area contributed by atoms with Crippen LogP contribution in [0.3, 0.4) is 0 Å². The van der Waals surface area contributed by atoms with Crippen molar-refractivity contribution in [2.75, 3.05) is 0 Å². The SMILES string of the molecule is F[B-](F)(F)[C@@H]1[C@@H](C2CC2)C1(F)F. The fraction of sp³-hybridized carbons (Fsp3) is 1.00. The zero-order valence-corrected chi connectivity index (χ0v) is 6.11. The van der Waals surface area contributed by atoms with Gasteiger partial charge in [0.1, 0.15) is 0 Å². The van der Waals surface area contributed by atoms with Crippen LogP contribution in [0.5, 0.6) is 0 Å². The second kappa shape index (κ2) is 1.96. The van der Waals surface area contributed by atoms with Gasteiger partial charge in [-0.3, -0.25) is 0 Å². The third-order valence-corrected chi connectivity index (χ3v) is 2.70.